The molecule has 0 radical (unpaired) electrons. The summed E-state index contributed by atoms with van der Waals surface area (Å²) in [5, 5.41) is 9.05. The number of benzene rings is 2. The molecule has 4 rings (SSSR count). The number of nitrogens with zero attached hydrogens (tertiary/aromatic N) is 2. The van der Waals surface area contributed by atoms with Crippen LogP contribution in [-0.2, 0) is 15.7 Å². The number of alkyl halides is 3. The molecular formula is C28H27ClF3N5O3. The number of aromatic nitrogens is 2. The van der Waals surface area contributed by atoms with Gasteiger partial charge in [0, 0.05) is 48.5 Å². The Labute approximate surface area is 233 Å². The monoisotopic (exact) mass is 573 g/mol. The van der Waals surface area contributed by atoms with Crippen LogP contribution in [0.3, 0.4) is 0 Å². The molecule has 210 valence electrons. The van der Waals surface area contributed by atoms with Gasteiger partial charge in [0.05, 0.1) is 47.7 Å². The Bertz CT molecular complexity index is 1490. The molecule has 0 aliphatic rings. The maximum absolute atomic E-state index is 13.2. The standard InChI is InChI=1S/C28H27ClF3N5O3/c1-18(36-20-5-8-25(29)24(15-20)28(30,31)32)35-19-3-6-21(7-4-19)37-17-23(22-9-10-33-16-26(22)37)27(38)34-11-12-40-14-13-39-2/h3-10,15-17,35-36H,1,11-14H2,2H3,(H,34,38). The van der Waals surface area contributed by atoms with E-state index in [2.05, 4.69) is 27.5 Å². The Kier molecular flexibility index (Phi) is 9.30. The Morgan fingerprint density at radius 1 is 1.05 bits per heavy atom. The molecule has 2 aromatic heterocycles. The Hall–Kier alpha value is -4.06. The summed E-state index contributed by atoms with van der Waals surface area (Å²) in [5.74, 6) is 0.0331. The van der Waals surface area contributed by atoms with Crippen LogP contribution in [0.2, 0.25) is 5.02 Å². The molecule has 8 nitrogen and oxygen atoms in total. The van der Waals surface area contributed by atoms with Gasteiger partial charge in [-0.2, -0.15) is 13.2 Å². The van der Waals surface area contributed by atoms with Crippen molar-refractivity contribution in [2.24, 2.45) is 0 Å². The molecule has 12 heteroatoms. The molecule has 0 spiro atoms. The van der Waals surface area contributed by atoms with Gasteiger partial charge < -0.3 is 30.0 Å². The fourth-order valence-electron chi connectivity index (χ4n) is 3.95. The Morgan fingerprint density at radius 2 is 1.77 bits per heavy atom. The molecule has 0 unspecified atom stereocenters. The molecule has 0 saturated heterocycles. The number of ether oxygens (including phenoxy) is 2. The van der Waals surface area contributed by atoms with Crippen LogP contribution in [0.25, 0.3) is 16.6 Å². The van der Waals surface area contributed by atoms with Crippen molar-refractivity contribution in [3.8, 4) is 5.69 Å². The van der Waals surface area contributed by atoms with Gasteiger partial charge in [-0.3, -0.25) is 9.78 Å². The van der Waals surface area contributed by atoms with Crippen molar-refractivity contribution in [1.29, 1.82) is 0 Å². The lowest BCUT2D eigenvalue weighted by Crippen LogP contribution is -2.27. The highest BCUT2D eigenvalue weighted by molar-refractivity contribution is 6.31. The first-order valence-electron chi connectivity index (χ1n) is 12.2. The van der Waals surface area contributed by atoms with Crippen LogP contribution < -0.4 is 16.0 Å². The first-order chi connectivity index (χ1) is 19.2. The highest BCUT2D eigenvalue weighted by atomic mass is 35.5. The zero-order chi connectivity index (χ0) is 28.7. The third-order valence-electron chi connectivity index (χ3n) is 5.82. The number of rotatable bonds is 12. The van der Waals surface area contributed by atoms with E-state index in [1.165, 1.54) is 12.1 Å². The topological polar surface area (TPSA) is 89.4 Å². The van der Waals surface area contributed by atoms with Crippen molar-refractivity contribution in [2.75, 3.05) is 44.1 Å². The Balaban J connectivity index is 1.44. The molecular weight excluding hydrogens is 547 g/mol. The predicted molar refractivity (Wildman–Crippen MR) is 149 cm³/mol. The number of hydrogen-bond acceptors (Lipinski definition) is 6. The number of anilines is 2. The molecule has 0 aliphatic carbocycles. The van der Waals surface area contributed by atoms with Crippen molar-refractivity contribution < 1.29 is 27.4 Å². The number of halogens is 4. The molecule has 0 atom stereocenters. The fraction of sp³-hybridized carbons (Fsp3) is 0.214. The SMILES string of the molecule is C=C(Nc1ccc(-n2cc(C(=O)NCCOCCOC)c3ccncc32)cc1)Nc1ccc(Cl)c(C(F)(F)F)c1. The average molecular weight is 574 g/mol. The number of fused-ring (bicyclic) bond motifs is 1. The zero-order valence-electron chi connectivity index (χ0n) is 21.5. The maximum atomic E-state index is 13.2. The molecule has 2 heterocycles. The van der Waals surface area contributed by atoms with Crippen LogP contribution in [0.4, 0.5) is 24.5 Å². The van der Waals surface area contributed by atoms with E-state index in [1.807, 2.05) is 16.7 Å². The van der Waals surface area contributed by atoms with Gasteiger partial charge >= 0.3 is 6.18 Å². The number of nitrogens with one attached hydrogen (secondary N) is 3. The second-order valence-electron chi connectivity index (χ2n) is 8.63. The van der Waals surface area contributed by atoms with Gasteiger partial charge in [0.1, 0.15) is 5.82 Å². The lowest BCUT2D eigenvalue weighted by atomic mass is 10.2. The number of pyridine rings is 1. The van der Waals surface area contributed by atoms with Gasteiger partial charge in [-0.05, 0) is 48.5 Å². The van der Waals surface area contributed by atoms with E-state index in [-0.39, 0.29) is 22.4 Å². The average Bonchev–Trinajstić information content (AvgIpc) is 3.31. The van der Waals surface area contributed by atoms with Crippen LogP contribution in [0.1, 0.15) is 15.9 Å². The lowest BCUT2D eigenvalue weighted by molar-refractivity contribution is -0.137. The molecule has 4 aromatic rings. The van der Waals surface area contributed by atoms with Crippen LogP contribution in [0, 0.1) is 0 Å². The molecule has 3 N–H and O–H groups in total. The lowest BCUT2D eigenvalue weighted by Gasteiger charge is -2.15. The number of hydrogen-bond donors (Lipinski definition) is 3. The fourth-order valence-corrected chi connectivity index (χ4v) is 4.17. The van der Waals surface area contributed by atoms with Gasteiger partial charge in [-0.1, -0.05) is 18.2 Å². The van der Waals surface area contributed by atoms with Gasteiger partial charge in [-0.15, -0.1) is 0 Å². The summed E-state index contributed by atoms with van der Waals surface area (Å²) < 4.78 is 51.6. The minimum Gasteiger partial charge on any atom is -0.382 e. The minimum absolute atomic E-state index is 0.185. The van der Waals surface area contributed by atoms with Gasteiger partial charge in [-0.25, -0.2) is 0 Å². The van der Waals surface area contributed by atoms with E-state index in [0.717, 1.165) is 22.7 Å². The minimum atomic E-state index is -4.57. The second kappa shape index (κ2) is 12.9. The smallest absolute Gasteiger partial charge is 0.382 e. The highest BCUT2D eigenvalue weighted by Crippen LogP contribution is 2.36. The molecule has 0 fully saturated rings. The molecule has 0 bridgehead atoms. The second-order valence-corrected chi connectivity index (χ2v) is 9.04. The largest absolute Gasteiger partial charge is 0.417 e. The van der Waals surface area contributed by atoms with Crippen molar-refractivity contribution in [3.63, 3.8) is 0 Å². The summed E-state index contributed by atoms with van der Waals surface area (Å²) in [7, 11) is 1.59. The quantitative estimate of drug-likeness (QED) is 0.178. The summed E-state index contributed by atoms with van der Waals surface area (Å²) in [6.07, 6.45) is 0.478. The summed E-state index contributed by atoms with van der Waals surface area (Å²) in [4.78, 5) is 17.1. The van der Waals surface area contributed by atoms with Crippen molar-refractivity contribution in [2.45, 2.75) is 6.18 Å². The van der Waals surface area contributed by atoms with Gasteiger partial charge in [0.15, 0.2) is 0 Å². The molecule has 0 aliphatic heterocycles. The van der Waals surface area contributed by atoms with Gasteiger partial charge in [0.25, 0.3) is 5.91 Å². The molecule has 40 heavy (non-hydrogen) atoms. The van der Waals surface area contributed by atoms with Crippen LogP contribution in [-0.4, -0.2) is 48.9 Å². The number of carbonyl (C=O) groups excluding carboxylic acids is 1. The van der Waals surface area contributed by atoms with Crippen LogP contribution in [0.15, 0.2) is 79.5 Å². The Morgan fingerprint density at radius 3 is 2.50 bits per heavy atom. The van der Waals surface area contributed by atoms with E-state index in [1.54, 1.807) is 43.9 Å². The predicted octanol–water partition coefficient (Wildman–Crippen LogP) is 6.09. The normalized spacial score (nSPS) is 11.4. The molecule has 2 aromatic carbocycles. The van der Waals surface area contributed by atoms with E-state index in [4.69, 9.17) is 21.1 Å². The summed E-state index contributed by atoms with van der Waals surface area (Å²) in [5.41, 5.74) is 1.91. The first kappa shape index (κ1) is 28.9. The van der Waals surface area contributed by atoms with Crippen LogP contribution in [0.5, 0.6) is 0 Å². The number of amides is 1. The van der Waals surface area contributed by atoms with Crippen molar-refractivity contribution in [3.05, 3.63) is 95.7 Å². The first-order valence-corrected chi connectivity index (χ1v) is 12.5. The van der Waals surface area contributed by atoms with Crippen molar-refractivity contribution >= 4 is 39.8 Å². The molecule has 1 amide bonds. The summed E-state index contributed by atoms with van der Waals surface area (Å²) in [6.45, 7) is 5.49. The highest BCUT2D eigenvalue weighted by Gasteiger charge is 2.33. The van der Waals surface area contributed by atoms with E-state index >= 15 is 0 Å². The van der Waals surface area contributed by atoms with Crippen molar-refractivity contribution in [1.82, 2.24) is 14.9 Å². The number of methoxy groups -OCH3 is 1. The maximum Gasteiger partial charge on any atom is 0.417 e. The van der Waals surface area contributed by atoms with E-state index < -0.39 is 11.7 Å². The van der Waals surface area contributed by atoms with E-state index in [0.29, 0.717) is 37.6 Å². The molecule has 0 saturated carbocycles. The summed E-state index contributed by atoms with van der Waals surface area (Å²) in [6, 6.07) is 12.5. The number of carbonyl (C=O) groups is 1. The zero-order valence-corrected chi connectivity index (χ0v) is 22.3. The van der Waals surface area contributed by atoms with E-state index in [9.17, 15) is 18.0 Å². The summed E-state index contributed by atoms with van der Waals surface area (Å²) >= 11 is 5.69. The van der Waals surface area contributed by atoms with Crippen LogP contribution >= 0.6 is 11.6 Å². The third-order valence-corrected chi connectivity index (χ3v) is 6.15. The van der Waals surface area contributed by atoms with Gasteiger partial charge in [0.2, 0.25) is 0 Å². The third kappa shape index (κ3) is 7.12.